The number of carbonyl (C=O) groups is 1. The van der Waals surface area contributed by atoms with Crippen LogP contribution >= 0.6 is 12.4 Å². The van der Waals surface area contributed by atoms with Gasteiger partial charge in [0.2, 0.25) is 0 Å². The van der Waals surface area contributed by atoms with Gasteiger partial charge in [-0.25, -0.2) is 0 Å². The molecule has 6 heteroatoms. The van der Waals surface area contributed by atoms with Crippen molar-refractivity contribution in [1.29, 1.82) is 0 Å². The highest BCUT2D eigenvalue weighted by atomic mass is 35.5. The summed E-state index contributed by atoms with van der Waals surface area (Å²) in [5.74, 6) is 0.0290. The molecule has 1 N–H and O–H groups in total. The fourth-order valence-electron chi connectivity index (χ4n) is 2.94. The third-order valence-corrected chi connectivity index (χ3v) is 4.29. The molecule has 1 aliphatic heterocycles. The van der Waals surface area contributed by atoms with E-state index in [2.05, 4.69) is 10.3 Å². The molecule has 2 heterocycles. The van der Waals surface area contributed by atoms with Crippen molar-refractivity contribution in [3.8, 4) is 0 Å². The molecule has 1 amide bonds. The maximum absolute atomic E-state index is 12.9. The number of benzene rings is 1. The van der Waals surface area contributed by atoms with E-state index in [0.717, 1.165) is 24.2 Å². The number of hydrogen-bond acceptors (Lipinski definition) is 4. The molecule has 3 rings (SSSR count). The van der Waals surface area contributed by atoms with E-state index in [4.69, 9.17) is 4.74 Å². The monoisotopic (exact) mass is 361 g/mol. The van der Waals surface area contributed by atoms with Crippen LogP contribution < -0.4 is 5.32 Å². The molecule has 0 saturated carbocycles. The number of aromatic nitrogens is 1. The van der Waals surface area contributed by atoms with Gasteiger partial charge in [0, 0.05) is 32.0 Å². The molecular formula is C19H24ClN3O2. The maximum atomic E-state index is 12.9. The van der Waals surface area contributed by atoms with Gasteiger partial charge in [0.15, 0.2) is 0 Å². The van der Waals surface area contributed by atoms with Gasteiger partial charge in [0.25, 0.3) is 5.91 Å². The molecule has 0 aliphatic carbocycles. The van der Waals surface area contributed by atoms with Crippen molar-refractivity contribution in [2.45, 2.75) is 25.7 Å². The predicted octanol–water partition coefficient (Wildman–Crippen LogP) is 2.58. The number of halogens is 1. The lowest BCUT2D eigenvalue weighted by Gasteiger charge is -2.37. The highest BCUT2D eigenvalue weighted by Crippen LogP contribution is 2.22. The lowest BCUT2D eigenvalue weighted by atomic mass is 10.0. The van der Waals surface area contributed by atoms with E-state index < -0.39 is 6.10 Å². The van der Waals surface area contributed by atoms with Crippen LogP contribution in [-0.4, -0.2) is 41.5 Å². The zero-order valence-corrected chi connectivity index (χ0v) is 15.1. The second-order valence-corrected chi connectivity index (χ2v) is 5.98. The Morgan fingerprint density at radius 2 is 2.12 bits per heavy atom. The molecule has 2 aromatic rings. The summed E-state index contributed by atoms with van der Waals surface area (Å²) >= 11 is 0. The summed E-state index contributed by atoms with van der Waals surface area (Å²) in [7, 11) is 0. The molecule has 1 saturated heterocycles. The minimum absolute atomic E-state index is 0. The van der Waals surface area contributed by atoms with Crippen molar-refractivity contribution in [2.75, 3.05) is 19.6 Å². The van der Waals surface area contributed by atoms with Crippen molar-refractivity contribution >= 4 is 18.3 Å². The molecular weight excluding hydrogens is 338 g/mol. The molecule has 0 bridgehead atoms. The number of piperazine rings is 1. The van der Waals surface area contributed by atoms with Gasteiger partial charge in [0.05, 0.1) is 12.6 Å². The molecule has 2 atom stereocenters. The first-order valence-corrected chi connectivity index (χ1v) is 8.32. The van der Waals surface area contributed by atoms with Crippen LogP contribution in [0.4, 0.5) is 0 Å². The molecule has 25 heavy (non-hydrogen) atoms. The van der Waals surface area contributed by atoms with Gasteiger partial charge >= 0.3 is 0 Å². The van der Waals surface area contributed by atoms with Gasteiger partial charge in [-0.2, -0.15) is 0 Å². The number of nitrogens with one attached hydrogen (secondary N) is 1. The zero-order valence-electron chi connectivity index (χ0n) is 14.3. The van der Waals surface area contributed by atoms with E-state index in [-0.39, 0.29) is 24.4 Å². The van der Waals surface area contributed by atoms with Crippen molar-refractivity contribution < 1.29 is 9.53 Å². The lowest BCUT2D eigenvalue weighted by Crippen LogP contribution is -2.51. The van der Waals surface area contributed by atoms with Gasteiger partial charge in [-0.05, 0) is 24.1 Å². The number of hydrogen-bond donors (Lipinski definition) is 1. The van der Waals surface area contributed by atoms with Crippen LogP contribution in [-0.2, 0) is 16.1 Å². The molecule has 1 aliphatic rings. The fourth-order valence-corrected chi connectivity index (χ4v) is 2.94. The fraction of sp³-hybridized carbons (Fsp3) is 0.368. The second-order valence-electron chi connectivity index (χ2n) is 5.98. The molecule has 1 fully saturated rings. The molecule has 5 nitrogen and oxygen atoms in total. The number of ether oxygens (including phenoxy) is 1. The average molecular weight is 362 g/mol. The third-order valence-electron chi connectivity index (χ3n) is 4.29. The molecule has 1 aromatic heterocycles. The Kier molecular flexibility index (Phi) is 7.37. The van der Waals surface area contributed by atoms with Crippen LogP contribution in [0.1, 0.15) is 24.1 Å². The van der Waals surface area contributed by atoms with E-state index in [9.17, 15) is 4.79 Å². The first-order chi connectivity index (χ1) is 11.8. The van der Waals surface area contributed by atoms with Crippen molar-refractivity contribution in [1.82, 2.24) is 15.2 Å². The van der Waals surface area contributed by atoms with E-state index in [1.54, 1.807) is 6.20 Å². The maximum Gasteiger partial charge on any atom is 0.252 e. The van der Waals surface area contributed by atoms with E-state index >= 15 is 0 Å². The van der Waals surface area contributed by atoms with Crippen molar-refractivity contribution in [3.05, 3.63) is 66.0 Å². The van der Waals surface area contributed by atoms with Crippen LogP contribution in [0.15, 0.2) is 54.9 Å². The van der Waals surface area contributed by atoms with Gasteiger partial charge in [0.1, 0.15) is 6.10 Å². The summed E-state index contributed by atoms with van der Waals surface area (Å²) in [6, 6.07) is 13.8. The van der Waals surface area contributed by atoms with E-state index in [1.165, 1.54) is 0 Å². The molecule has 0 spiro atoms. The van der Waals surface area contributed by atoms with Crippen LogP contribution in [0.3, 0.4) is 0 Å². The van der Waals surface area contributed by atoms with Crippen molar-refractivity contribution in [3.63, 3.8) is 0 Å². The van der Waals surface area contributed by atoms with Crippen LogP contribution in [0.2, 0.25) is 0 Å². The Hall–Kier alpha value is -1.95. The van der Waals surface area contributed by atoms with Crippen LogP contribution in [0.5, 0.6) is 0 Å². The molecule has 0 radical (unpaired) electrons. The summed E-state index contributed by atoms with van der Waals surface area (Å²) in [6.07, 6.45) is 3.10. The topological polar surface area (TPSA) is 54.5 Å². The molecule has 1 aromatic carbocycles. The summed E-state index contributed by atoms with van der Waals surface area (Å²) in [5, 5.41) is 3.35. The smallest absolute Gasteiger partial charge is 0.252 e. The minimum atomic E-state index is -0.470. The quantitative estimate of drug-likeness (QED) is 0.889. The SMILES string of the molecule is CC(OCc1ccccc1)C(=O)N1CCNCC1c1cccnc1.Cl. The Morgan fingerprint density at radius 3 is 2.84 bits per heavy atom. The minimum Gasteiger partial charge on any atom is -0.364 e. The highest BCUT2D eigenvalue weighted by molar-refractivity contribution is 5.85. The molecule has 134 valence electrons. The largest absolute Gasteiger partial charge is 0.364 e. The second kappa shape index (κ2) is 9.51. The van der Waals surface area contributed by atoms with Gasteiger partial charge in [-0.3, -0.25) is 9.78 Å². The first kappa shape index (κ1) is 19.4. The number of pyridine rings is 1. The number of nitrogens with zero attached hydrogens (tertiary/aromatic N) is 2. The summed E-state index contributed by atoms with van der Waals surface area (Å²) in [5.41, 5.74) is 2.12. The standard InChI is InChI=1S/C19H23N3O2.ClH/c1-15(24-14-16-6-3-2-4-7-16)19(23)22-11-10-21-13-18(22)17-8-5-9-20-12-17;/h2-9,12,15,18,21H,10-11,13-14H2,1H3;1H. The van der Waals surface area contributed by atoms with Gasteiger partial charge in [-0.1, -0.05) is 36.4 Å². The number of rotatable bonds is 5. The normalized spacial score (nSPS) is 18.3. The van der Waals surface area contributed by atoms with Gasteiger partial charge < -0.3 is 15.0 Å². The lowest BCUT2D eigenvalue weighted by molar-refractivity contribution is -0.147. The Labute approximate surface area is 154 Å². The van der Waals surface area contributed by atoms with Gasteiger partial charge in [-0.15, -0.1) is 12.4 Å². The predicted molar refractivity (Wildman–Crippen MR) is 99.5 cm³/mol. The number of amides is 1. The Bertz CT molecular complexity index is 654. The summed E-state index contributed by atoms with van der Waals surface area (Å²) in [4.78, 5) is 18.9. The first-order valence-electron chi connectivity index (χ1n) is 8.32. The highest BCUT2D eigenvalue weighted by Gasteiger charge is 2.31. The Balaban J connectivity index is 0.00000225. The summed E-state index contributed by atoms with van der Waals surface area (Å²) in [6.45, 7) is 4.49. The van der Waals surface area contributed by atoms with Crippen LogP contribution in [0, 0.1) is 0 Å². The Morgan fingerprint density at radius 1 is 1.32 bits per heavy atom. The summed E-state index contributed by atoms with van der Waals surface area (Å²) < 4.78 is 5.80. The van der Waals surface area contributed by atoms with E-state index in [0.29, 0.717) is 13.2 Å². The average Bonchev–Trinajstić information content (AvgIpc) is 2.67. The molecule has 2 unspecified atom stereocenters. The third kappa shape index (κ3) is 5.01. The van der Waals surface area contributed by atoms with Crippen molar-refractivity contribution in [2.24, 2.45) is 0 Å². The van der Waals surface area contributed by atoms with E-state index in [1.807, 2.05) is 60.5 Å². The van der Waals surface area contributed by atoms with Crippen LogP contribution in [0.25, 0.3) is 0 Å². The number of carbonyl (C=O) groups excluding carboxylic acids is 1. The zero-order chi connectivity index (χ0) is 16.8.